The van der Waals surface area contributed by atoms with E-state index in [1.54, 1.807) is 0 Å². The monoisotopic (exact) mass is 333 g/mol. The summed E-state index contributed by atoms with van der Waals surface area (Å²) >= 11 is 3.63. The smallest absolute Gasteiger partial charge is 0.124 e. The van der Waals surface area contributed by atoms with Crippen LogP contribution in [0.25, 0.3) is 0 Å². The molecule has 0 saturated heterocycles. The molecule has 0 amide bonds. The van der Waals surface area contributed by atoms with E-state index in [0.717, 1.165) is 15.8 Å². The highest BCUT2D eigenvalue weighted by Gasteiger charge is 2.18. The van der Waals surface area contributed by atoms with Crippen molar-refractivity contribution in [2.24, 2.45) is 0 Å². The second-order valence-electron chi connectivity index (χ2n) is 4.95. The molecule has 1 N–H and O–H groups in total. The molecule has 0 radical (unpaired) electrons. The molecule has 0 bridgehead atoms. The third-order valence-electron chi connectivity index (χ3n) is 3.10. The molecule has 106 valence electrons. The van der Waals surface area contributed by atoms with Crippen molar-refractivity contribution in [1.29, 1.82) is 0 Å². The molecule has 3 heteroatoms. The van der Waals surface area contributed by atoms with Gasteiger partial charge < -0.3 is 10.1 Å². The Morgan fingerprint density at radius 3 is 2.15 bits per heavy atom. The van der Waals surface area contributed by atoms with E-state index in [9.17, 15) is 0 Å². The number of hydrogen-bond acceptors (Lipinski definition) is 2. The SMILES string of the molecule is CNC(c1ccccc1Br)c1ccccc1OC(C)C. The number of hydrogen-bond donors (Lipinski definition) is 1. The first-order valence-corrected chi connectivity index (χ1v) is 7.60. The van der Waals surface area contributed by atoms with Crippen LogP contribution >= 0.6 is 15.9 Å². The van der Waals surface area contributed by atoms with Crippen LogP contribution < -0.4 is 10.1 Å². The Morgan fingerprint density at radius 2 is 1.55 bits per heavy atom. The summed E-state index contributed by atoms with van der Waals surface area (Å²) in [5.74, 6) is 0.928. The zero-order valence-corrected chi connectivity index (χ0v) is 13.6. The van der Waals surface area contributed by atoms with Crippen LogP contribution in [-0.2, 0) is 0 Å². The van der Waals surface area contributed by atoms with Gasteiger partial charge in [0.15, 0.2) is 0 Å². The van der Waals surface area contributed by atoms with E-state index in [1.807, 2.05) is 45.2 Å². The second kappa shape index (κ2) is 6.91. The summed E-state index contributed by atoms with van der Waals surface area (Å²) in [5.41, 5.74) is 2.35. The molecule has 2 aromatic rings. The van der Waals surface area contributed by atoms with E-state index in [1.165, 1.54) is 5.56 Å². The Labute approximate surface area is 129 Å². The number of halogens is 1. The maximum absolute atomic E-state index is 5.93. The van der Waals surface area contributed by atoms with Crippen LogP contribution in [0.4, 0.5) is 0 Å². The molecule has 0 spiro atoms. The van der Waals surface area contributed by atoms with Gasteiger partial charge in [-0.05, 0) is 38.6 Å². The summed E-state index contributed by atoms with van der Waals surface area (Å²) in [5, 5.41) is 3.38. The molecular formula is C17H20BrNO. The van der Waals surface area contributed by atoms with Crippen molar-refractivity contribution in [1.82, 2.24) is 5.32 Å². The van der Waals surface area contributed by atoms with Gasteiger partial charge in [0.05, 0.1) is 12.1 Å². The third-order valence-corrected chi connectivity index (χ3v) is 3.82. The summed E-state index contributed by atoms with van der Waals surface area (Å²) < 4.78 is 7.03. The molecule has 0 aromatic heterocycles. The topological polar surface area (TPSA) is 21.3 Å². The zero-order valence-electron chi connectivity index (χ0n) is 12.1. The first-order chi connectivity index (χ1) is 9.63. The molecule has 1 atom stereocenters. The summed E-state index contributed by atoms with van der Waals surface area (Å²) in [4.78, 5) is 0. The fraction of sp³-hybridized carbons (Fsp3) is 0.294. The van der Waals surface area contributed by atoms with Gasteiger partial charge in [-0.2, -0.15) is 0 Å². The molecule has 2 aromatic carbocycles. The van der Waals surface area contributed by atoms with Crippen molar-refractivity contribution in [2.75, 3.05) is 7.05 Å². The van der Waals surface area contributed by atoms with Gasteiger partial charge >= 0.3 is 0 Å². The predicted molar refractivity (Wildman–Crippen MR) is 87.3 cm³/mol. The average Bonchev–Trinajstić information content (AvgIpc) is 2.43. The average molecular weight is 334 g/mol. The minimum atomic E-state index is 0.0977. The van der Waals surface area contributed by atoms with Crippen LogP contribution in [0, 0.1) is 0 Å². The zero-order chi connectivity index (χ0) is 14.5. The molecule has 20 heavy (non-hydrogen) atoms. The van der Waals surface area contributed by atoms with Gasteiger partial charge in [-0.1, -0.05) is 52.3 Å². The summed E-state index contributed by atoms with van der Waals surface area (Å²) in [6, 6.07) is 16.5. The van der Waals surface area contributed by atoms with E-state index >= 15 is 0 Å². The van der Waals surface area contributed by atoms with E-state index in [-0.39, 0.29) is 12.1 Å². The normalized spacial score (nSPS) is 12.4. The highest BCUT2D eigenvalue weighted by Crippen LogP contribution is 2.33. The fourth-order valence-electron chi connectivity index (χ4n) is 2.27. The lowest BCUT2D eigenvalue weighted by Crippen LogP contribution is -2.20. The van der Waals surface area contributed by atoms with Gasteiger partial charge in [-0.15, -0.1) is 0 Å². The first kappa shape index (κ1) is 15.1. The molecular weight excluding hydrogens is 314 g/mol. The number of ether oxygens (including phenoxy) is 1. The van der Waals surface area contributed by atoms with Crippen LogP contribution in [-0.4, -0.2) is 13.2 Å². The lowest BCUT2D eigenvalue weighted by atomic mass is 9.98. The molecule has 0 heterocycles. The summed E-state index contributed by atoms with van der Waals surface area (Å²) in [6.07, 6.45) is 0.160. The van der Waals surface area contributed by atoms with Crippen molar-refractivity contribution in [2.45, 2.75) is 26.0 Å². The standard InChI is InChI=1S/C17H20BrNO/c1-12(2)20-16-11-7-5-9-14(16)17(19-3)13-8-4-6-10-15(13)18/h4-12,17,19H,1-3H3. The van der Waals surface area contributed by atoms with E-state index in [2.05, 4.69) is 45.5 Å². The molecule has 0 aliphatic carbocycles. The van der Waals surface area contributed by atoms with E-state index in [4.69, 9.17) is 4.74 Å². The number of rotatable bonds is 5. The number of benzene rings is 2. The minimum Gasteiger partial charge on any atom is -0.491 e. The minimum absolute atomic E-state index is 0.0977. The lowest BCUT2D eigenvalue weighted by molar-refractivity contribution is 0.238. The van der Waals surface area contributed by atoms with Gasteiger partial charge in [-0.25, -0.2) is 0 Å². The maximum atomic E-state index is 5.93. The van der Waals surface area contributed by atoms with Gasteiger partial charge in [0.2, 0.25) is 0 Å². The predicted octanol–water partition coefficient (Wildman–Crippen LogP) is 4.55. The van der Waals surface area contributed by atoms with Crippen LogP contribution in [0.2, 0.25) is 0 Å². The Balaban J connectivity index is 2.45. The third kappa shape index (κ3) is 3.41. The van der Waals surface area contributed by atoms with Crippen molar-refractivity contribution in [3.05, 3.63) is 64.1 Å². The Morgan fingerprint density at radius 1 is 0.950 bits per heavy atom. The number of nitrogens with one attached hydrogen (secondary N) is 1. The second-order valence-corrected chi connectivity index (χ2v) is 5.80. The van der Waals surface area contributed by atoms with Crippen molar-refractivity contribution in [3.8, 4) is 5.75 Å². The molecule has 0 aliphatic heterocycles. The Bertz CT molecular complexity index is 568. The quantitative estimate of drug-likeness (QED) is 0.866. The molecule has 1 unspecified atom stereocenters. The molecule has 0 saturated carbocycles. The molecule has 2 rings (SSSR count). The first-order valence-electron chi connectivity index (χ1n) is 6.80. The van der Waals surface area contributed by atoms with E-state index in [0.29, 0.717) is 0 Å². The van der Waals surface area contributed by atoms with Gasteiger partial charge in [0.1, 0.15) is 5.75 Å². The fourth-order valence-corrected chi connectivity index (χ4v) is 2.78. The number of para-hydroxylation sites is 1. The van der Waals surface area contributed by atoms with Crippen molar-refractivity contribution < 1.29 is 4.74 Å². The molecule has 0 fully saturated rings. The van der Waals surface area contributed by atoms with Crippen molar-refractivity contribution >= 4 is 15.9 Å². The lowest BCUT2D eigenvalue weighted by Gasteiger charge is -2.22. The van der Waals surface area contributed by atoms with Crippen LogP contribution in [0.3, 0.4) is 0 Å². The Kier molecular flexibility index (Phi) is 5.21. The molecule has 0 aliphatic rings. The van der Waals surface area contributed by atoms with E-state index < -0.39 is 0 Å². The van der Waals surface area contributed by atoms with Gasteiger partial charge in [0.25, 0.3) is 0 Å². The largest absolute Gasteiger partial charge is 0.491 e. The highest BCUT2D eigenvalue weighted by molar-refractivity contribution is 9.10. The van der Waals surface area contributed by atoms with Gasteiger partial charge in [-0.3, -0.25) is 0 Å². The van der Waals surface area contributed by atoms with Crippen molar-refractivity contribution in [3.63, 3.8) is 0 Å². The summed E-state index contributed by atoms with van der Waals surface area (Å²) in [6.45, 7) is 4.09. The van der Waals surface area contributed by atoms with Crippen LogP contribution in [0.1, 0.15) is 31.0 Å². The van der Waals surface area contributed by atoms with Crippen LogP contribution in [0.15, 0.2) is 53.0 Å². The van der Waals surface area contributed by atoms with Crippen LogP contribution in [0.5, 0.6) is 5.75 Å². The maximum Gasteiger partial charge on any atom is 0.124 e. The Hall–Kier alpha value is -1.32. The van der Waals surface area contributed by atoms with Gasteiger partial charge in [0, 0.05) is 10.0 Å². The molecule has 2 nitrogen and oxygen atoms in total. The summed E-state index contributed by atoms with van der Waals surface area (Å²) in [7, 11) is 1.97. The highest BCUT2D eigenvalue weighted by atomic mass is 79.9.